The zero-order chi connectivity index (χ0) is 20.7. The van der Waals surface area contributed by atoms with Gasteiger partial charge < -0.3 is 10.1 Å². The van der Waals surface area contributed by atoms with Crippen molar-refractivity contribution in [2.75, 3.05) is 11.9 Å². The molecule has 146 valence electrons. The summed E-state index contributed by atoms with van der Waals surface area (Å²) < 4.78 is 41.3. The minimum absolute atomic E-state index is 0.00672. The Labute approximate surface area is 159 Å². The normalized spacial score (nSPS) is 10.8. The Kier molecular flexibility index (Phi) is 6.77. The molecule has 0 heterocycles. The van der Waals surface area contributed by atoms with Crippen molar-refractivity contribution in [2.45, 2.75) is 25.9 Å². The zero-order valence-corrected chi connectivity index (χ0v) is 15.0. The lowest BCUT2D eigenvalue weighted by molar-refractivity contribution is -0.153. The molecular formula is C20H17F3N2O3. The van der Waals surface area contributed by atoms with Crippen molar-refractivity contribution in [1.29, 1.82) is 5.26 Å². The molecule has 0 spiro atoms. The van der Waals surface area contributed by atoms with Gasteiger partial charge in [0.1, 0.15) is 11.8 Å². The maximum atomic E-state index is 12.2. The predicted molar refractivity (Wildman–Crippen MR) is 96.1 cm³/mol. The van der Waals surface area contributed by atoms with Crippen LogP contribution in [0.4, 0.5) is 18.9 Å². The van der Waals surface area contributed by atoms with Crippen LogP contribution in [-0.2, 0) is 4.79 Å². The first-order chi connectivity index (χ1) is 13.2. The van der Waals surface area contributed by atoms with Crippen molar-refractivity contribution in [3.8, 4) is 11.8 Å². The highest BCUT2D eigenvalue weighted by molar-refractivity contribution is 6.00. The second-order valence-electron chi connectivity index (χ2n) is 6.06. The number of hydrogen-bond donors (Lipinski definition) is 1. The maximum Gasteiger partial charge on any atom is 0.422 e. The van der Waals surface area contributed by atoms with E-state index in [1.165, 1.54) is 18.2 Å². The maximum absolute atomic E-state index is 12.2. The van der Waals surface area contributed by atoms with Crippen LogP contribution in [0.2, 0.25) is 0 Å². The van der Waals surface area contributed by atoms with Gasteiger partial charge in [-0.25, -0.2) is 0 Å². The molecule has 0 aliphatic carbocycles. The smallest absolute Gasteiger partial charge is 0.422 e. The molecule has 0 aliphatic heterocycles. The van der Waals surface area contributed by atoms with Crippen LogP contribution in [0.5, 0.6) is 5.75 Å². The van der Waals surface area contributed by atoms with Crippen LogP contribution in [0.15, 0.2) is 42.5 Å². The monoisotopic (exact) mass is 390 g/mol. The highest BCUT2D eigenvalue weighted by Gasteiger charge is 2.28. The van der Waals surface area contributed by atoms with Gasteiger partial charge >= 0.3 is 6.18 Å². The molecule has 0 atom stereocenters. The largest absolute Gasteiger partial charge is 0.483 e. The quantitative estimate of drug-likeness (QED) is 0.711. The molecule has 0 fully saturated rings. The number of ether oxygens (including phenoxy) is 1. The lowest BCUT2D eigenvalue weighted by Gasteiger charge is -2.12. The Hall–Kier alpha value is -3.34. The van der Waals surface area contributed by atoms with Crippen molar-refractivity contribution < 1.29 is 27.5 Å². The molecule has 0 radical (unpaired) electrons. The van der Waals surface area contributed by atoms with Gasteiger partial charge in [-0.2, -0.15) is 18.4 Å². The number of carbonyl (C=O) groups excluding carboxylic acids is 2. The van der Waals surface area contributed by atoms with Gasteiger partial charge in [-0.15, -0.1) is 0 Å². The van der Waals surface area contributed by atoms with E-state index in [0.29, 0.717) is 5.56 Å². The zero-order valence-electron chi connectivity index (χ0n) is 15.0. The number of ketones is 1. The number of alkyl halides is 3. The number of carbonyl (C=O) groups is 2. The second-order valence-corrected chi connectivity index (χ2v) is 6.06. The summed E-state index contributed by atoms with van der Waals surface area (Å²) in [4.78, 5) is 24.1. The highest BCUT2D eigenvalue weighted by atomic mass is 19.4. The minimum atomic E-state index is -4.52. The molecule has 0 saturated heterocycles. The van der Waals surface area contributed by atoms with Crippen LogP contribution >= 0.6 is 0 Å². The number of nitrogens with one attached hydrogen (secondary N) is 1. The summed E-state index contributed by atoms with van der Waals surface area (Å²) in [6.07, 6.45) is -4.59. The number of hydrogen-bond acceptors (Lipinski definition) is 4. The third-order valence-corrected chi connectivity index (χ3v) is 3.73. The first-order valence-corrected chi connectivity index (χ1v) is 8.31. The molecule has 1 amide bonds. The second kappa shape index (κ2) is 9.04. The number of aryl methyl sites for hydroxylation is 1. The molecule has 2 rings (SSSR count). The average Bonchev–Trinajstić information content (AvgIpc) is 2.64. The summed E-state index contributed by atoms with van der Waals surface area (Å²) in [5.74, 6) is -0.857. The molecular weight excluding hydrogens is 373 g/mol. The van der Waals surface area contributed by atoms with E-state index in [1.807, 2.05) is 6.92 Å². The number of anilines is 1. The molecule has 0 bridgehead atoms. The van der Waals surface area contributed by atoms with Crippen LogP contribution in [0.3, 0.4) is 0 Å². The van der Waals surface area contributed by atoms with E-state index in [4.69, 9.17) is 5.26 Å². The van der Waals surface area contributed by atoms with Gasteiger partial charge in [-0.1, -0.05) is 29.8 Å². The molecule has 2 aromatic carbocycles. The topological polar surface area (TPSA) is 79.2 Å². The van der Waals surface area contributed by atoms with Gasteiger partial charge in [-0.05, 0) is 25.1 Å². The summed E-state index contributed by atoms with van der Waals surface area (Å²) in [5.41, 5.74) is 1.61. The van der Waals surface area contributed by atoms with Crippen molar-refractivity contribution in [1.82, 2.24) is 0 Å². The molecule has 0 unspecified atom stereocenters. The van der Waals surface area contributed by atoms with Crippen molar-refractivity contribution >= 4 is 17.4 Å². The van der Waals surface area contributed by atoms with Crippen molar-refractivity contribution in [2.24, 2.45) is 0 Å². The SMILES string of the molecule is Cc1ccc(C(=O)CCC(=O)Nc2ccc(OCC(F)(F)F)c(C#N)c2)cc1. The standard InChI is InChI=1S/C20H17F3N2O3/c1-13-2-4-14(5-3-13)17(26)7-9-19(27)25-16-6-8-18(15(10-16)11-24)28-12-20(21,22)23/h2-6,8,10H,7,9,12H2,1H3,(H,25,27). The minimum Gasteiger partial charge on any atom is -0.483 e. The Balaban J connectivity index is 1.93. The van der Waals surface area contributed by atoms with E-state index in [9.17, 15) is 22.8 Å². The number of amides is 1. The fourth-order valence-corrected chi connectivity index (χ4v) is 2.31. The van der Waals surface area contributed by atoms with E-state index >= 15 is 0 Å². The number of nitrogens with zero attached hydrogens (tertiary/aromatic N) is 1. The van der Waals surface area contributed by atoms with Gasteiger partial charge in [0.25, 0.3) is 0 Å². The van der Waals surface area contributed by atoms with Crippen LogP contribution < -0.4 is 10.1 Å². The third kappa shape index (κ3) is 6.43. The lowest BCUT2D eigenvalue weighted by atomic mass is 10.0. The van der Waals surface area contributed by atoms with Crippen LogP contribution in [0, 0.1) is 18.3 Å². The van der Waals surface area contributed by atoms with Crippen molar-refractivity contribution in [3.05, 3.63) is 59.2 Å². The molecule has 0 aromatic heterocycles. The summed E-state index contributed by atoms with van der Waals surface area (Å²) >= 11 is 0. The number of rotatable bonds is 7. The first-order valence-electron chi connectivity index (χ1n) is 8.31. The van der Waals surface area contributed by atoms with Crippen molar-refractivity contribution in [3.63, 3.8) is 0 Å². The van der Waals surface area contributed by atoms with Crippen LogP contribution in [0.25, 0.3) is 0 Å². The number of nitriles is 1. The van der Waals surface area contributed by atoms with E-state index in [1.54, 1.807) is 30.3 Å². The van der Waals surface area contributed by atoms with Gasteiger partial charge in [-0.3, -0.25) is 9.59 Å². The van der Waals surface area contributed by atoms with Gasteiger partial charge in [0.2, 0.25) is 5.91 Å². The molecule has 2 aromatic rings. The fourth-order valence-electron chi connectivity index (χ4n) is 2.31. The van der Waals surface area contributed by atoms with Gasteiger partial charge in [0.15, 0.2) is 12.4 Å². The Morgan fingerprint density at radius 1 is 1.11 bits per heavy atom. The van der Waals surface area contributed by atoms with Gasteiger partial charge in [0.05, 0.1) is 5.56 Å². The van der Waals surface area contributed by atoms with E-state index in [-0.39, 0.29) is 35.6 Å². The van der Waals surface area contributed by atoms with E-state index in [2.05, 4.69) is 10.1 Å². The number of Topliss-reactive ketones (excluding diaryl/α,β-unsaturated/α-hetero) is 1. The highest BCUT2D eigenvalue weighted by Crippen LogP contribution is 2.25. The molecule has 0 aliphatic rings. The molecule has 0 saturated carbocycles. The lowest BCUT2D eigenvalue weighted by Crippen LogP contribution is -2.19. The van der Waals surface area contributed by atoms with Crippen LogP contribution in [-0.4, -0.2) is 24.5 Å². The Morgan fingerprint density at radius 2 is 1.79 bits per heavy atom. The predicted octanol–water partition coefficient (Wildman–Crippen LogP) is 4.41. The Morgan fingerprint density at radius 3 is 2.39 bits per heavy atom. The molecule has 5 nitrogen and oxygen atoms in total. The molecule has 8 heteroatoms. The summed E-state index contributed by atoms with van der Waals surface area (Å²) in [5, 5.41) is 11.6. The average molecular weight is 390 g/mol. The van der Waals surface area contributed by atoms with E-state index < -0.39 is 18.7 Å². The number of benzene rings is 2. The number of halogens is 3. The first kappa shape index (κ1) is 21.0. The summed E-state index contributed by atoms with van der Waals surface area (Å²) in [6, 6.07) is 12.4. The summed E-state index contributed by atoms with van der Waals surface area (Å²) in [7, 11) is 0. The van der Waals surface area contributed by atoms with Crippen LogP contribution in [0.1, 0.15) is 34.3 Å². The Bertz CT molecular complexity index is 900. The summed E-state index contributed by atoms with van der Waals surface area (Å²) in [6.45, 7) is 0.380. The third-order valence-electron chi connectivity index (χ3n) is 3.73. The molecule has 28 heavy (non-hydrogen) atoms. The fraction of sp³-hybridized carbons (Fsp3) is 0.250. The van der Waals surface area contributed by atoms with E-state index in [0.717, 1.165) is 5.56 Å². The van der Waals surface area contributed by atoms with Gasteiger partial charge in [0, 0.05) is 24.1 Å². The molecule has 1 N–H and O–H groups in total.